The number of nitrogens with zero attached hydrogens (tertiary/aromatic N) is 2. The fourth-order valence-corrected chi connectivity index (χ4v) is 3.60. The van der Waals surface area contributed by atoms with Crippen LogP contribution in [0.1, 0.15) is 17.3 Å². The topological polar surface area (TPSA) is 78.0 Å². The van der Waals surface area contributed by atoms with E-state index in [-0.39, 0.29) is 18.6 Å². The number of amides is 1. The van der Waals surface area contributed by atoms with E-state index in [1.807, 2.05) is 55.5 Å². The Hall–Kier alpha value is -3.45. The number of aromatic nitrogens is 1. The Bertz CT molecular complexity index is 1100. The zero-order chi connectivity index (χ0) is 21.8. The summed E-state index contributed by atoms with van der Waals surface area (Å²) in [6.45, 7) is 3.09. The predicted molar refractivity (Wildman–Crippen MR) is 116 cm³/mol. The third-order valence-electron chi connectivity index (χ3n) is 5.24. The van der Waals surface area contributed by atoms with E-state index in [9.17, 15) is 9.59 Å². The third kappa shape index (κ3) is 4.67. The summed E-state index contributed by atoms with van der Waals surface area (Å²) < 4.78 is 16.1. The van der Waals surface area contributed by atoms with Gasteiger partial charge in [-0.05, 0) is 43.3 Å². The molecule has 0 N–H and O–H groups in total. The van der Waals surface area contributed by atoms with Gasteiger partial charge in [0.25, 0.3) is 5.91 Å². The summed E-state index contributed by atoms with van der Waals surface area (Å²) in [6.07, 6.45) is -0.0235. The number of para-hydroxylation sites is 1. The van der Waals surface area contributed by atoms with Gasteiger partial charge in [0.15, 0.2) is 6.61 Å². The largest absolute Gasteiger partial charge is 0.497 e. The Labute approximate surface area is 180 Å². The van der Waals surface area contributed by atoms with E-state index in [2.05, 4.69) is 4.98 Å². The third-order valence-corrected chi connectivity index (χ3v) is 5.24. The first-order valence-corrected chi connectivity index (χ1v) is 10.2. The van der Waals surface area contributed by atoms with Gasteiger partial charge in [-0.2, -0.15) is 0 Å². The molecule has 1 fully saturated rings. The van der Waals surface area contributed by atoms with Crippen molar-refractivity contribution in [3.8, 4) is 17.0 Å². The lowest BCUT2D eigenvalue weighted by atomic mass is 10.0. The molecule has 1 aromatic heterocycles. The maximum absolute atomic E-state index is 12.9. The first-order chi connectivity index (χ1) is 15.0. The summed E-state index contributed by atoms with van der Waals surface area (Å²) in [6, 6.07) is 16.5. The highest BCUT2D eigenvalue weighted by atomic mass is 16.5. The van der Waals surface area contributed by atoms with Crippen LogP contribution < -0.4 is 4.74 Å². The molecular formula is C24H24N2O5. The minimum absolute atomic E-state index is 0.0235. The summed E-state index contributed by atoms with van der Waals surface area (Å²) in [7, 11) is 1.61. The lowest BCUT2D eigenvalue weighted by Gasteiger charge is -2.30. The molecular weight excluding hydrogens is 396 g/mol. The van der Waals surface area contributed by atoms with E-state index >= 15 is 0 Å². The minimum atomic E-state index is -0.553. The number of hydrogen-bond acceptors (Lipinski definition) is 6. The molecule has 160 valence electrons. The fourth-order valence-electron chi connectivity index (χ4n) is 3.60. The van der Waals surface area contributed by atoms with Crippen LogP contribution in [0.3, 0.4) is 0 Å². The number of ether oxygens (including phenoxy) is 3. The summed E-state index contributed by atoms with van der Waals surface area (Å²) in [4.78, 5) is 31.7. The highest BCUT2D eigenvalue weighted by Crippen LogP contribution is 2.27. The minimum Gasteiger partial charge on any atom is -0.497 e. The number of pyridine rings is 1. The highest BCUT2D eigenvalue weighted by molar-refractivity contribution is 6.05. The van der Waals surface area contributed by atoms with E-state index in [0.717, 1.165) is 11.3 Å². The van der Waals surface area contributed by atoms with E-state index in [0.29, 0.717) is 41.9 Å². The van der Waals surface area contributed by atoms with Crippen molar-refractivity contribution < 1.29 is 23.8 Å². The van der Waals surface area contributed by atoms with Crippen molar-refractivity contribution in [1.82, 2.24) is 9.88 Å². The quantitative estimate of drug-likeness (QED) is 0.590. The Morgan fingerprint density at radius 2 is 1.94 bits per heavy atom. The SMILES string of the molecule is COc1ccc(-c2cc(C(=O)OCC(=O)N3CCOC(C)C3)c3ccccc3n2)cc1. The molecule has 0 saturated carbocycles. The van der Waals surface area contributed by atoms with Gasteiger partial charge in [-0.15, -0.1) is 0 Å². The van der Waals surface area contributed by atoms with Crippen LogP contribution in [0.2, 0.25) is 0 Å². The standard InChI is InChI=1S/C24H24N2O5/c1-16-14-26(11-12-30-16)23(27)15-31-24(28)20-13-22(17-7-9-18(29-2)10-8-17)25-21-6-4-3-5-19(20)21/h3-10,13,16H,11-12,14-15H2,1-2H3. The number of fused-ring (bicyclic) bond motifs is 1. The molecule has 1 saturated heterocycles. The van der Waals surface area contributed by atoms with Gasteiger partial charge >= 0.3 is 5.97 Å². The predicted octanol–water partition coefficient (Wildman–Crippen LogP) is 3.31. The lowest BCUT2D eigenvalue weighted by Crippen LogP contribution is -2.46. The van der Waals surface area contributed by atoms with Crippen LogP contribution in [-0.4, -0.2) is 61.3 Å². The second kappa shape index (κ2) is 9.14. The van der Waals surface area contributed by atoms with Gasteiger partial charge < -0.3 is 19.1 Å². The van der Waals surface area contributed by atoms with Crippen LogP contribution in [-0.2, 0) is 14.3 Å². The smallest absolute Gasteiger partial charge is 0.339 e. The number of carbonyl (C=O) groups is 2. The van der Waals surface area contributed by atoms with Crippen LogP contribution in [0.25, 0.3) is 22.2 Å². The molecule has 1 aliphatic heterocycles. The summed E-state index contributed by atoms with van der Waals surface area (Å²) in [5.74, 6) is -0.0413. The molecule has 0 bridgehead atoms. The van der Waals surface area contributed by atoms with Crippen molar-refractivity contribution >= 4 is 22.8 Å². The summed E-state index contributed by atoms with van der Waals surface area (Å²) >= 11 is 0. The van der Waals surface area contributed by atoms with Crippen molar-refractivity contribution in [2.45, 2.75) is 13.0 Å². The first-order valence-electron chi connectivity index (χ1n) is 10.2. The van der Waals surface area contributed by atoms with E-state index < -0.39 is 5.97 Å². The maximum atomic E-state index is 12.9. The van der Waals surface area contributed by atoms with Crippen LogP contribution in [0.4, 0.5) is 0 Å². The molecule has 31 heavy (non-hydrogen) atoms. The van der Waals surface area contributed by atoms with Crippen molar-refractivity contribution in [2.75, 3.05) is 33.4 Å². The summed E-state index contributed by atoms with van der Waals surface area (Å²) in [5.41, 5.74) is 2.54. The maximum Gasteiger partial charge on any atom is 0.339 e. The molecule has 1 aliphatic rings. The van der Waals surface area contributed by atoms with Gasteiger partial charge in [0.05, 0.1) is 36.6 Å². The number of benzene rings is 2. The van der Waals surface area contributed by atoms with Crippen LogP contribution in [0, 0.1) is 0 Å². The molecule has 0 aliphatic carbocycles. The zero-order valence-corrected chi connectivity index (χ0v) is 17.5. The Morgan fingerprint density at radius 1 is 1.16 bits per heavy atom. The Morgan fingerprint density at radius 3 is 2.68 bits per heavy atom. The van der Waals surface area contributed by atoms with Crippen LogP contribution in [0.15, 0.2) is 54.6 Å². The van der Waals surface area contributed by atoms with Crippen molar-refractivity contribution in [2.24, 2.45) is 0 Å². The highest BCUT2D eigenvalue weighted by Gasteiger charge is 2.23. The van der Waals surface area contributed by atoms with Crippen LogP contribution >= 0.6 is 0 Å². The molecule has 0 radical (unpaired) electrons. The van der Waals surface area contributed by atoms with Gasteiger partial charge in [-0.1, -0.05) is 18.2 Å². The molecule has 4 rings (SSSR count). The molecule has 2 aromatic carbocycles. The number of morpholine rings is 1. The molecule has 0 spiro atoms. The molecule has 3 aromatic rings. The van der Waals surface area contributed by atoms with Gasteiger partial charge in [0, 0.05) is 24.0 Å². The first kappa shape index (κ1) is 20.8. The Kier molecular flexibility index (Phi) is 6.13. The van der Waals surface area contributed by atoms with Crippen molar-refractivity contribution in [3.05, 3.63) is 60.2 Å². The summed E-state index contributed by atoms with van der Waals surface area (Å²) in [5, 5.41) is 0.678. The number of methoxy groups -OCH3 is 1. The van der Waals surface area contributed by atoms with E-state index in [1.165, 1.54) is 0 Å². The fraction of sp³-hybridized carbons (Fsp3) is 0.292. The molecule has 1 atom stereocenters. The van der Waals surface area contributed by atoms with Crippen molar-refractivity contribution in [3.63, 3.8) is 0 Å². The lowest BCUT2D eigenvalue weighted by molar-refractivity contribution is -0.141. The average molecular weight is 420 g/mol. The average Bonchev–Trinajstić information content (AvgIpc) is 2.81. The number of esters is 1. The molecule has 1 unspecified atom stereocenters. The normalized spacial score (nSPS) is 16.2. The van der Waals surface area contributed by atoms with Gasteiger partial charge in [-0.25, -0.2) is 9.78 Å². The monoisotopic (exact) mass is 420 g/mol. The molecule has 7 nitrogen and oxygen atoms in total. The van der Waals surface area contributed by atoms with E-state index in [4.69, 9.17) is 14.2 Å². The molecule has 7 heteroatoms. The van der Waals surface area contributed by atoms with Gasteiger partial charge in [0.2, 0.25) is 0 Å². The van der Waals surface area contributed by atoms with Crippen LogP contribution in [0.5, 0.6) is 5.75 Å². The second-order valence-electron chi connectivity index (χ2n) is 7.40. The van der Waals surface area contributed by atoms with Gasteiger partial charge in [-0.3, -0.25) is 4.79 Å². The number of hydrogen-bond donors (Lipinski definition) is 0. The molecule has 1 amide bonds. The zero-order valence-electron chi connectivity index (χ0n) is 17.5. The number of rotatable bonds is 5. The molecule has 2 heterocycles. The second-order valence-corrected chi connectivity index (χ2v) is 7.40. The van der Waals surface area contributed by atoms with Crippen molar-refractivity contribution in [1.29, 1.82) is 0 Å². The van der Waals surface area contributed by atoms with E-state index in [1.54, 1.807) is 18.1 Å². The number of carbonyl (C=O) groups excluding carboxylic acids is 2. The Balaban J connectivity index is 1.58. The van der Waals surface area contributed by atoms with Gasteiger partial charge in [0.1, 0.15) is 5.75 Å².